The van der Waals surface area contributed by atoms with E-state index in [2.05, 4.69) is 20.9 Å². The highest BCUT2D eigenvalue weighted by atomic mass is 16.5. The van der Waals surface area contributed by atoms with Crippen LogP contribution in [0.4, 0.5) is 11.6 Å². The normalized spacial score (nSPS) is 14.6. The number of anilines is 2. The molecule has 5 heteroatoms. The van der Waals surface area contributed by atoms with Crippen molar-refractivity contribution in [3.63, 3.8) is 0 Å². The first-order chi connectivity index (χ1) is 10.3. The fraction of sp³-hybridized carbons (Fsp3) is 0.188. The number of nitrogens with zero attached hydrogens (tertiary/aromatic N) is 2. The Labute approximate surface area is 122 Å². The lowest BCUT2D eigenvalue weighted by molar-refractivity contribution is 0.331. The average Bonchev–Trinajstić information content (AvgIpc) is 2.78. The smallest absolute Gasteiger partial charge is 0.204 e. The summed E-state index contributed by atoms with van der Waals surface area (Å²) in [5.74, 6) is 1.82. The summed E-state index contributed by atoms with van der Waals surface area (Å²) in [4.78, 5) is 10.2. The Kier molecular flexibility index (Phi) is 2.70. The summed E-state index contributed by atoms with van der Waals surface area (Å²) in [6.07, 6.45) is 0. The van der Waals surface area contributed by atoms with Crippen molar-refractivity contribution in [2.45, 2.75) is 6.54 Å². The van der Waals surface area contributed by atoms with Crippen LogP contribution in [0.15, 0.2) is 42.5 Å². The zero-order chi connectivity index (χ0) is 14.2. The Morgan fingerprint density at radius 2 is 2.10 bits per heavy atom. The van der Waals surface area contributed by atoms with Crippen molar-refractivity contribution in [2.75, 3.05) is 23.8 Å². The van der Waals surface area contributed by atoms with E-state index >= 15 is 0 Å². The van der Waals surface area contributed by atoms with Crippen molar-refractivity contribution < 1.29 is 4.74 Å². The van der Waals surface area contributed by atoms with Crippen LogP contribution in [-0.4, -0.2) is 23.1 Å². The Balaban J connectivity index is 1.71. The van der Waals surface area contributed by atoms with Crippen LogP contribution >= 0.6 is 0 Å². The number of rotatable bonds is 1. The van der Waals surface area contributed by atoms with E-state index in [0.29, 0.717) is 6.61 Å². The van der Waals surface area contributed by atoms with Gasteiger partial charge in [0, 0.05) is 17.8 Å². The minimum Gasteiger partial charge on any atom is -0.491 e. The van der Waals surface area contributed by atoms with Gasteiger partial charge in [-0.1, -0.05) is 18.2 Å². The number of nitrogen functional groups attached to an aromatic ring is 1. The van der Waals surface area contributed by atoms with Crippen LogP contribution in [0, 0.1) is 0 Å². The van der Waals surface area contributed by atoms with E-state index in [1.54, 1.807) is 0 Å². The molecule has 0 fully saturated rings. The summed E-state index contributed by atoms with van der Waals surface area (Å²) in [5.41, 5.74) is 9.62. The van der Waals surface area contributed by atoms with Crippen molar-refractivity contribution in [2.24, 2.45) is 0 Å². The first-order valence-corrected chi connectivity index (χ1v) is 7.00. The van der Waals surface area contributed by atoms with Crippen LogP contribution in [0.2, 0.25) is 0 Å². The lowest BCUT2D eigenvalue weighted by Crippen LogP contribution is -2.26. The number of aromatic amines is 1. The van der Waals surface area contributed by atoms with Gasteiger partial charge in [-0.05, 0) is 24.3 Å². The summed E-state index contributed by atoms with van der Waals surface area (Å²) < 4.78 is 5.79. The molecule has 0 spiro atoms. The zero-order valence-electron chi connectivity index (χ0n) is 11.5. The fourth-order valence-corrected chi connectivity index (χ4v) is 2.67. The molecule has 5 nitrogen and oxygen atoms in total. The van der Waals surface area contributed by atoms with Gasteiger partial charge in [-0.15, -0.1) is 0 Å². The maximum atomic E-state index is 5.82. The number of nitrogens with one attached hydrogen (secondary N) is 1. The van der Waals surface area contributed by atoms with Crippen LogP contribution in [0.5, 0.6) is 5.75 Å². The predicted molar refractivity (Wildman–Crippen MR) is 83.5 cm³/mol. The summed E-state index contributed by atoms with van der Waals surface area (Å²) in [6, 6.07) is 13.9. The van der Waals surface area contributed by atoms with E-state index < -0.39 is 0 Å². The van der Waals surface area contributed by atoms with Gasteiger partial charge >= 0.3 is 0 Å². The lowest BCUT2D eigenvalue weighted by atomic mass is 10.2. The molecule has 1 aliphatic rings. The molecule has 0 amide bonds. The Hall–Kier alpha value is -2.69. The van der Waals surface area contributed by atoms with Gasteiger partial charge in [0.05, 0.1) is 17.6 Å². The summed E-state index contributed by atoms with van der Waals surface area (Å²) in [6.45, 7) is 2.23. The number of ether oxygens (including phenoxy) is 1. The van der Waals surface area contributed by atoms with Gasteiger partial charge < -0.3 is 20.4 Å². The number of fused-ring (bicyclic) bond motifs is 2. The molecular formula is C16H16N4O. The summed E-state index contributed by atoms with van der Waals surface area (Å²) in [7, 11) is 0. The molecule has 21 heavy (non-hydrogen) atoms. The highest BCUT2D eigenvalue weighted by molar-refractivity contribution is 5.80. The van der Waals surface area contributed by atoms with E-state index in [9.17, 15) is 0 Å². The van der Waals surface area contributed by atoms with Crippen molar-refractivity contribution in [3.05, 3.63) is 48.0 Å². The first kappa shape index (κ1) is 12.1. The molecule has 0 aliphatic carbocycles. The molecule has 0 atom stereocenters. The third kappa shape index (κ3) is 2.16. The highest BCUT2D eigenvalue weighted by Crippen LogP contribution is 2.26. The van der Waals surface area contributed by atoms with Crippen molar-refractivity contribution in [3.8, 4) is 5.75 Å². The molecule has 0 radical (unpaired) electrons. The number of imidazole rings is 1. The third-order valence-electron chi connectivity index (χ3n) is 3.75. The first-order valence-electron chi connectivity index (χ1n) is 7.00. The van der Waals surface area contributed by atoms with Gasteiger partial charge in [-0.3, -0.25) is 0 Å². The highest BCUT2D eigenvalue weighted by Gasteiger charge is 2.17. The Bertz CT molecular complexity index is 796. The minimum absolute atomic E-state index is 0.649. The van der Waals surface area contributed by atoms with E-state index in [0.717, 1.165) is 41.5 Å². The van der Waals surface area contributed by atoms with E-state index in [1.807, 2.05) is 36.4 Å². The molecule has 106 valence electrons. The fourth-order valence-electron chi connectivity index (χ4n) is 2.67. The number of H-pyrrole nitrogens is 1. The van der Waals surface area contributed by atoms with Gasteiger partial charge in [0.25, 0.3) is 0 Å². The van der Waals surface area contributed by atoms with Gasteiger partial charge in [-0.25, -0.2) is 4.98 Å². The number of nitrogens with two attached hydrogens (primary N) is 1. The van der Waals surface area contributed by atoms with E-state index in [1.165, 1.54) is 5.56 Å². The van der Waals surface area contributed by atoms with Crippen molar-refractivity contribution in [1.82, 2.24) is 9.97 Å². The molecule has 0 saturated heterocycles. The monoisotopic (exact) mass is 280 g/mol. The SMILES string of the molecule is Nc1ccc2nc(N3CCOc4ccccc4C3)[nH]c2c1. The van der Waals surface area contributed by atoms with Crippen LogP contribution in [0.3, 0.4) is 0 Å². The number of benzene rings is 2. The summed E-state index contributed by atoms with van der Waals surface area (Å²) >= 11 is 0. The number of para-hydroxylation sites is 1. The van der Waals surface area contributed by atoms with Crippen molar-refractivity contribution in [1.29, 1.82) is 0 Å². The molecular weight excluding hydrogens is 264 g/mol. The van der Waals surface area contributed by atoms with Crippen LogP contribution in [0.25, 0.3) is 11.0 Å². The van der Waals surface area contributed by atoms with Gasteiger partial charge in [-0.2, -0.15) is 0 Å². The molecule has 3 N–H and O–H groups in total. The quantitative estimate of drug-likeness (QED) is 0.672. The van der Waals surface area contributed by atoms with Crippen LogP contribution < -0.4 is 15.4 Å². The number of hydrogen-bond acceptors (Lipinski definition) is 4. The largest absolute Gasteiger partial charge is 0.491 e. The van der Waals surface area contributed by atoms with Crippen LogP contribution in [-0.2, 0) is 6.54 Å². The molecule has 1 aliphatic heterocycles. The number of aromatic nitrogens is 2. The second kappa shape index (κ2) is 4.70. The lowest BCUT2D eigenvalue weighted by Gasteiger charge is -2.18. The zero-order valence-corrected chi connectivity index (χ0v) is 11.5. The van der Waals surface area contributed by atoms with Gasteiger partial charge in [0.1, 0.15) is 12.4 Å². The molecule has 0 unspecified atom stereocenters. The van der Waals surface area contributed by atoms with Gasteiger partial charge in [0.2, 0.25) is 5.95 Å². The molecule has 2 heterocycles. The average molecular weight is 280 g/mol. The Morgan fingerprint density at radius 1 is 1.19 bits per heavy atom. The summed E-state index contributed by atoms with van der Waals surface area (Å²) in [5, 5.41) is 0. The maximum absolute atomic E-state index is 5.82. The van der Waals surface area contributed by atoms with Gasteiger partial charge in [0.15, 0.2) is 0 Å². The minimum atomic E-state index is 0.649. The van der Waals surface area contributed by atoms with Crippen molar-refractivity contribution >= 4 is 22.7 Å². The molecule has 0 bridgehead atoms. The molecule has 3 aromatic rings. The maximum Gasteiger partial charge on any atom is 0.204 e. The predicted octanol–water partition coefficient (Wildman–Crippen LogP) is 2.54. The second-order valence-electron chi connectivity index (χ2n) is 5.21. The molecule has 4 rings (SSSR count). The third-order valence-corrected chi connectivity index (χ3v) is 3.75. The molecule has 2 aromatic carbocycles. The van der Waals surface area contributed by atoms with E-state index in [-0.39, 0.29) is 0 Å². The van der Waals surface area contributed by atoms with E-state index in [4.69, 9.17) is 10.5 Å². The van der Waals surface area contributed by atoms with Crippen LogP contribution in [0.1, 0.15) is 5.56 Å². The number of hydrogen-bond donors (Lipinski definition) is 2. The molecule has 0 saturated carbocycles. The Morgan fingerprint density at radius 3 is 3.05 bits per heavy atom. The molecule has 1 aromatic heterocycles. The standard InChI is InChI=1S/C16H16N4O/c17-12-5-6-13-14(9-12)19-16(18-13)20-7-8-21-15-4-2-1-3-11(15)10-20/h1-6,9H,7-8,10,17H2,(H,18,19). The second-order valence-corrected chi connectivity index (χ2v) is 5.21. The topological polar surface area (TPSA) is 67.2 Å².